The summed E-state index contributed by atoms with van der Waals surface area (Å²) in [6, 6.07) is 3.17. The van der Waals surface area contributed by atoms with Gasteiger partial charge in [-0.1, -0.05) is 65.3 Å². The van der Waals surface area contributed by atoms with E-state index in [0.29, 0.717) is 11.0 Å². The first-order valence-electron chi connectivity index (χ1n) is 7.04. The summed E-state index contributed by atoms with van der Waals surface area (Å²) in [6.45, 7) is 2.28. The fraction of sp³-hybridized carbons (Fsp3) is 0.571. The van der Waals surface area contributed by atoms with E-state index < -0.39 is 10.0 Å². The van der Waals surface area contributed by atoms with E-state index in [2.05, 4.69) is 15.9 Å². The molecule has 0 radical (unpaired) electrons. The van der Waals surface area contributed by atoms with Crippen LogP contribution in [-0.2, 0) is 10.0 Å². The zero-order valence-corrected chi connectivity index (χ0v) is 15.7. The lowest BCUT2D eigenvalue weighted by atomic mass is 9.95. The number of rotatable bonds is 4. The molecule has 0 spiro atoms. The fourth-order valence-electron chi connectivity index (χ4n) is 2.89. The van der Waals surface area contributed by atoms with E-state index in [1.165, 1.54) is 6.42 Å². The summed E-state index contributed by atoms with van der Waals surface area (Å²) in [6.07, 6.45) is 5.11. The van der Waals surface area contributed by atoms with Gasteiger partial charge in [0.1, 0.15) is 4.90 Å². The van der Waals surface area contributed by atoms with Crippen molar-refractivity contribution < 1.29 is 8.42 Å². The van der Waals surface area contributed by atoms with E-state index in [0.717, 1.165) is 25.7 Å². The van der Waals surface area contributed by atoms with E-state index in [9.17, 15) is 8.42 Å². The van der Waals surface area contributed by atoms with Gasteiger partial charge < -0.3 is 0 Å². The van der Waals surface area contributed by atoms with Crippen LogP contribution in [0.4, 0.5) is 0 Å². The van der Waals surface area contributed by atoms with Crippen LogP contribution in [0.3, 0.4) is 0 Å². The number of benzene rings is 1. The molecule has 7 heteroatoms. The Morgan fingerprint density at radius 3 is 2.19 bits per heavy atom. The Bertz CT molecular complexity index is 592. The molecule has 0 aromatic heterocycles. The minimum atomic E-state index is -3.68. The fourth-order valence-corrected chi connectivity index (χ4v) is 6.47. The monoisotopic (exact) mass is 413 g/mol. The van der Waals surface area contributed by atoms with Gasteiger partial charge in [-0.3, -0.25) is 0 Å². The van der Waals surface area contributed by atoms with Gasteiger partial charge in [0.05, 0.1) is 10.0 Å². The van der Waals surface area contributed by atoms with Crippen LogP contribution in [0.25, 0.3) is 0 Å². The van der Waals surface area contributed by atoms with Crippen molar-refractivity contribution in [3.63, 3.8) is 0 Å². The largest absolute Gasteiger partial charge is 0.246 e. The number of hydrogen-bond donors (Lipinski definition) is 0. The van der Waals surface area contributed by atoms with Crippen LogP contribution < -0.4 is 0 Å². The predicted octanol–water partition coefficient (Wildman–Crippen LogP) is 5.10. The van der Waals surface area contributed by atoms with Crippen LogP contribution in [-0.4, -0.2) is 25.3 Å². The van der Waals surface area contributed by atoms with Crippen molar-refractivity contribution in [3.05, 3.63) is 26.7 Å². The molecule has 1 fully saturated rings. The van der Waals surface area contributed by atoms with Gasteiger partial charge in [0.25, 0.3) is 0 Å². The van der Waals surface area contributed by atoms with Crippen LogP contribution in [0.15, 0.2) is 21.5 Å². The molecule has 0 atom stereocenters. The maximum atomic E-state index is 13.0. The first-order chi connectivity index (χ1) is 9.87. The third-order valence-electron chi connectivity index (χ3n) is 3.82. The van der Waals surface area contributed by atoms with E-state index in [1.807, 2.05) is 6.92 Å². The van der Waals surface area contributed by atoms with Crippen LogP contribution in [0, 0.1) is 0 Å². The van der Waals surface area contributed by atoms with Gasteiger partial charge in [-0.25, -0.2) is 8.42 Å². The molecule has 2 rings (SSSR count). The van der Waals surface area contributed by atoms with Crippen LogP contribution in [0.2, 0.25) is 10.0 Å². The molecule has 0 unspecified atom stereocenters. The molecule has 0 bridgehead atoms. The SMILES string of the molecule is CCN(C1CCCCC1)S(=O)(=O)c1c(Cl)cc(Br)cc1Cl. The number of sulfonamides is 1. The summed E-state index contributed by atoms with van der Waals surface area (Å²) in [5, 5.41) is 0.312. The molecule has 0 saturated heterocycles. The summed E-state index contributed by atoms with van der Waals surface area (Å²) >= 11 is 15.5. The lowest BCUT2D eigenvalue weighted by molar-refractivity contribution is 0.261. The molecule has 3 nitrogen and oxygen atoms in total. The average Bonchev–Trinajstić information content (AvgIpc) is 2.38. The van der Waals surface area contributed by atoms with Crippen molar-refractivity contribution in [3.8, 4) is 0 Å². The second-order valence-corrected chi connectivity index (χ2v) is 8.76. The first-order valence-corrected chi connectivity index (χ1v) is 10.0. The Morgan fingerprint density at radius 2 is 1.71 bits per heavy atom. The lowest BCUT2D eigenvalue weighted by Gasteiger charge is -2.33. The number of halogens is 3. The molecule has 1 aliphatic rings. The van der Waals surface area contributed by atoms with Crippen LogP contribution in [0.5, 0.6) is 0 Å². The van der Waals surface area contributed by atoms with Gasteiger partial charge in [-0.05, 0) is 25.0 Å². The first kappa shape index (κ1) is 17.5. The molecular weight excluding hydrogens is 397 g/mol. The quantitative estimate of drug-likeness (QED) is 0.687. The Morgan fingerprint density at radius 1 is 1.19 bits per heavy atom. The highest BCUT2D eigenvalue weighted by molar-refractivity contribution is 9.10. The highest BCUT2D eigenvalue weighted by Gasteiger charge is 2.34. The second kappa shape index (κ2) is 7.18. The molecule has 0 amide bonds. The standard InChI is InChI=1S/C14H18BrCl2NO2S/c1-2-18(11-6-4-3-5-7-11)21(19,20)14-12(16)8-10(15)9-13(14)17/h8-9,11H,2-7H2,1H3. The third kappa shape index (κ3) is 3.75. The Labute approximate surface area is 144 Å². The number of hydrogen-bond acceptors (Lipinski definition) is 2. The highest BCUT2D eigenvalue weighted by Crippen LogP contribution is 2.36. The van der Waals surface area contributed by atoms with Crippen molar-refractivity contribution in [2.24, 2.45) is 0 Å². The summed E-state index contributed by atoms with van der Waals surface area (Å²) in [4.78, 5) is 0.0152. The lowest BCUT2D eigenvalue weighted by Crippen LogP contribution is -2.41. The molecule has 1 saturated carbocycles. The van der Waals surface area contributed by atoms with E-state index >= 15 is 0 Å². The molecule has 0 aliphatic heterocycles. The number of nitrogens with zero attached hydrogens (tertiary/aromatic N) is 1. The zero-order valence-electron chi connectivity index (χ0n) is 11.8. The van der Waals surface area contributed by atoms with Crippen molar-refractivity contribution >= 4 is 49.2 Å². The predicted molar refractivity (Wildman–Crippen MR) is 90.6 cm³/mol. The van der Waals surface area contributed by atoms with Gasteiger partial charge in [0.2, 0.25) is 10.0 Å². The summed E-state index contributed by atoms with van der Waals surface area (Å²) in [5.41, 5.74) is 0. The maximum Gasteiger partial charge on any atom is 0.246 e. The van der Waals surface area contributed by atoms with Crippen LogP contribution in [0.1, 0.15) is 39.0 Å². The van der Waals surface area contributed by atoms with E-state index in [4.69, 9.17) is 23.2 Å². The van der Waals surface area contributed by atoms with Gasteiger partial charge in [-0.15, -0.1) is 0 Å². The van der Waals surface area contributed by atoms with Crippen molar-refractivity contribution in [1.29, 1.82) is 0 Å². The molecule has 1 aliphatic carbocycles. The van der Waals surface area contributed by atoms with E-state index in [-0.39, 0.29) is 21.0 Å². The summed E-state index contributed by atoms with van der Waals surface area (Å²) < 4.78 is 28.1. The topological polar surface area (TPSA) is 37.4 Å². The maximum absolute atomic E-state index is 13.0. The minimum Gasteiger partial charge on any atom is -0.207 e. The molecule has 1 aromatic carbocycles. The Hall–Kier alpha value is 0.190. The molecule has 21 heavy (non-hydrogen) atoms. The molecule has 0 N–H and O–H groups in total. The van der Waals surface area contributed by atoms with Gasteiger partial charge >= 0.3 is 0 Å². The Balaban J connectivity index is 2.44. The highest BCUT2D eigenvalue weighted by atomic mass is 79.9. The Kier molecular flexibility index (Phi) is 5.99. The molecule has 1 aromatic rings. The molecule has 118 valence electrons. The second-order valence-electron chi connectivity index (χ2n) is 5.20. The molecular formula is C14H18BrCl2NO2S. The van der Waals surface area contributed by atoms with Crippen molar-refractivity contribution in [1.82, 2.24) is 4.31 Å². The molecule has 0 heterocycles. The summed E-state index contributed by atoms with van der Waals surface area (Å²) in [7, 11) is -3.68. The average molecular weight is 415 g/mol. The van der Waals surface area contributed by atoms with Crippen molar-refractivity contribution in [2.75, 3.05) is 6.54 Å². The van der Waals surface area contributed by atoms with Crippen molar-refractivity contribution in [2.45, 2.75) is 50.0 Å². The van der Waals surface area contributed by atoms with E-state index in [1.54, 1.807) is 16.4 Å². The normalized spacial score (nSPS) is 17.4. The third-order valence-corrected chi connectivity index (χ3v) is 7.23. The summed E-state index contributed by atoms with van der Waals surface area (Å²) in [5.74, 6) is 0. The van der Waals surface area contributed by atoms with Gasteiger partial charge in [0, 0.05) is 17.1 Å². The minimum absolute atomic E-state index is 0.0152. The zero-order chi connectivity index (χ0) is 15.6. The van der Waals surface area contributed by atoms with Gasteiger partial charge in [-0.2, -0.15) is 4.31 Å². The van der Waals surface area contributed by atoms with Gasteiger partial charge in [0.15, 0.2) is 0 Å². The van der Waals surface area contributed by atoms with Crippen LogP contribution >= 0.6 is 39.1 Å². The smallest absolute Gasteiger partial charge is 0.207 e.